The van der Waals surface area contributed by atoms with Crippen LogP contribution in [0.4, 0.5) is 17.1 Å². The van der Waals surface area contributed by atoms with Crippen molar-refractivity contribution in [3.05, 3.63) is 209 Å². The molecule has 4 nitrogen and oxygen atoms in total. The molecule has 2 aliphatic carbocycles. The van der Waals surface area contributed by atoms with Crippen LogP contribution in [-0.4, -0.2) is 13.3 Å². The van der Waals surface area contributed by atoms with E-state index in [1.54, 1.807) is 0 Å². The molecule has 3 aliphatic rings. The summed E-state index contributed by atoms with van der Waals surface area (Å²) in [4.78, 5) is 4.22. The largest absolute Gasteiger partial charge is 0.470 e. The summed E-state index contributed by atoms with van der Waals surface area (Å²) in [7, 11) is 0. The number of hydrogen-bond acceptors (Lipinski definition) is 4. The first-order valence-electron chi connectivity index (χ1n) is 32.7. The topological polar surface area (TPSA) is 31.6 Å². The van der Waals surface area contributed by atoms with E-state index >= 15 is 0 Å². The van der Waals surface area contributed by atoms with Gasteiger partial charge in [0.1, 0.15) is 5.58 Å². The van der Waals surface area contributed by atoms with Gasteiger partial charge in [-0.1, -0.05) is 199 Å². The van der Waals surface area contributed by atoms with Crippen molar-refractivity contribution < 1.29 is 11.3 Å². The number of rotatable bonds is 17. The fourth-order valence-electron chi connectivity index (χ4n) is 12.9. The second-order valence-electron chi connectivity index (χ2n) is 29.6. The Bertz CT molecular complexity index is 3540. The summed E-state index contributed by atoms with van der Waals surface area (Å²) in [5, 5.41) is 4.98. The third-order valence-electron chi connectivity index (χ3n) is 18.6. The van der Waals surface area contributed by atoms with Crippen molar-refractivity contribution in [3.63, 3.8) is 0 Å². The molecule has 8 rings (SSSR count). The summed E-state index contributed by atoms with van der Waals surface area (Å²) in [6, 6.07) is 30.3. The lowest BCUT2D eigenvalue weighted by molar-refractivity contribution is 0.273. The van der Waals surface area contributed by atoms with Gasteiger partial charge in [-0.05, 0) is 212 Å². The van der Waals surface area contributed by atoms with Crippen LogP contribution in [0.25, 0.3) is 11.0 Å². The van der Waals surface area contributed by atoms with Gasteiger partial charge in [0.05, 0.1) is 12.5 Å². The molecule has 4 aromatic carbocycles. The molecule has 81 heavy (non-hydrogen) atoms. The van der Waals surface area contributed by atoms with Gasteiger partial charge >= 0.3 is 0 Å². The van der Waals surface area contributed by atoms with Gasteiger partial charge in [-0.15, -0.1) is 0 Å². The highest BCUT2D eigenvalue weighted by atomic mass is 16.3. The number of allylic oxidation sites excluding steroid dienone is 9. The third kappa shape index (κ3) is 12.5. The number of nitrogens with one attached hydrogen (secondary N) is 1. The molecule has 0 amide bonds. The molecule has 0 saturated carbocycles. The summed E-state index contributed by atoms with van der Waals surface area (Å²) in [5.74, 6) is 0.556. The lowest BCUT2D eigenvalue weighted by Gasteiger charge is -2.42. The van der Waals surface area contributed by atoms with E-state index < -0.39 is 6.71 Å². The second-order valence-corrected chi connectivity index (χ2v) is 29.6. The standard InChI is InChI=1S/C76H100BN3O/c1-23-26-57(24-2)79(58-34-29-55(30-35-58)72(13,14)39-37-51(4)5)52(6)45-67-65(50-78-44-38-61-60(25-3)73(15,16)40-41-74(61,17)18)77(69-47-53-46-62-63(49-68(53)81-69)76(21,22)43-42-75(62,19)20)64-48-56(71(10,11)12)31-36-66(64)80(67)59-32-27-54(28-33-59)70(7,8)9/h23-36,38,44-49,51,78H,1-3,37,39-43,50H2,4-22H3/b44-38+,52-45+,57-26+/i1D,2D,23D,24D,26D/b23-1?,24-2?,44-38+,52-45+,57-26+. The Balaban J connectivity index is 1.50. The minimum atomic E-state index is -0.413. The number of benzene rings is 4. The smallest absolute Gasteiger partial charge is 0.289 e. The maximum absolute atomic E-state index is 9.56. The first-order valence-corrected chi connectivity index (χ1v) is 30.0. The van der Waals surface area contributed by atoms with Crippen LogP contribution in [0.2, 0.25) is 0 Å². The predicted octanol–water partition coefficient (Wildman–Crippen LogP) is 19.7. The molecule has 5 aromatic rings. The Morgan fingerprint density at radius 2 is 1.35 bits per heavy atom. The maximum atomic E-state index is 9.56. The fraction of sp³-hybridized carbons (Fsp3) is 0.447. The maximum Gasteiger partial charge on any atom is 0.289 e. The van der Waals surface area contributed by atoms with Crippen LogP contribution in [0.3, 0.4) is 0 Å². The highest BCUT2D eigenvalue weighted by Gasteiger charge is 2.43. The Hall–Kier alpha value is -6.20. The minimum Gasteiger partial charge on any atom is -0.470 e. The first kappa shape index (κ1) is 54.1. The fourth-order valence-corrected chi connectivity index (χ4v) is 12.9. The Morgan fingerprint density at radius 1 is 0.753 bits per heavy atom. The van der Waals surface area contributed by atoms with Crippen LogP contribution in [0.15, 0.2) is 185 Å². The van der Waals surface area contributed by atoms with E-state index in [2.05, 4.69) is 239 Å². The summed E-state index contributed by atoms with van der Waals surface area (Å²) in [6.07, 6.45) is 15.0. The predicted molar refractivity (Wildman–Crippen MR) is 355 cm³/mol. The number of anilines is 3. The minimum absolute atomic E-state index is 0.00792. The quantitative estimate of drug-likeness (QED) is 0.0743. The van der Waals surface area contributed by atoms with Crippen LogP contribution in [0, 0.1) is 16.7 Å². The number of hydrogen-bond donors (Lipinski definition) is 1. The van der Waals surface area contributed by atoms with Crippen molar-refractivity contribution in [1.82, 2.24) is 5.32 Å². The molecule has 1 N–H and O–H groups in total. The summed E-state index contributed by atoms with van der Waals surface area (Å²) in [6.45, 7) is 49.5. The molecule has 0 fully saturated rings. The van der Waals surface area contributed by atoms with E-state index in [4.69, 9.17) is 8.53 Å². The van der Waals surface area contributed by atoms with E-state index in [1.165, 1.54) is 39.0 Å². The highest BCUT2D eigenvalue weighted by molar-refractivity contribution is 6.92. The number of nitrogens with zero attached hydrogens (tertiary/aromatic N) is 2. The highest BCUT2D eigenvalue weighted by Crippen LogP contribution is 2.50. The Kier molecular flexibility index (Phi) is 15.0. The molecular weight excluding hydrogens is 982 g/mol. The molecule has 2 heterocycles. The van der Waals surface area contributed by atoms with E-state index in [1.807, 2.05) is 24.0 Å². The van der Waals surface area contributed by atoms with Crippen LogP contribution >= 0.6 is 0 Å². The van der Waals surface area contributed by atoms with E-state index in [0.29, 0.717) is 23.8 Å². The summed E-state index contributed by atoms with van der Waals surface area (Å²) >= 11 is 0. The number of fused-ring (bicyclic) bond motifs is 3. The van der Waals surface area contributed by atoms with Crippen molar-refractivity contribution in [2.24, 2.45) is 16.7 Å². The zero-order valence-electron chi connectivity index (χ0n) is 58.2. The van der Waals surface area contributed by atoms with E-state index in [9.17, 15) is 2.74 Å². The molecule has 428 valence electrons. The van der Waals surface area contributed by atoms with Crippen LogP contribution in [0.5, 0.6) is 0 Å². The van der Waals surface area contributed by atoms with Crippen molar-refractivity contribution >= 4 is 45.9 Å². The van der Waals surface area contributed by atoms with Gasteiger partial charge in [-0.3, -0.25) is 0 Å². The molecule has 0 atom stereocenters. The van der Waals surface area contributed by atoms with E-state index in [-0.39, 0.29) is 61.8 Å². The normalized spacial score (nSPS) is 19.9. The lowest BCUT2D eigenvalue weighted by Crippen LogP contribution is -2.52. The van der Waals surface area contributed by atoms with Gasteiger partial charge in [0.15, 0.2) is 0 Å². The average molecular weight is 1090 g/mol. The third-order valence-corrected chi connectivity index (χ3v) is 18.6. The number of furan rings is 1. The molecule has 0 radical (unpaired) electrons. The molecule has 1 aromatic heterocycles. The first-order chi connectivity index (χ1) is 40.0. The van der Waals surface area contributed by atoms with Crippen molar-refractivity contribution in [3.8, 4) is 0 Å². The molecule has 0 bridgehead atoms. The SMILES string of the molecule is [2H]C=C([2H])/C([2H])=C(\C([2H])=C[2H])N(/C(C)=C/C1=C(CN/C=C/C2=C(C=C)C(C)(C)CCC2(C)C)B(c2cc3cc4c(cc3o2)C(C)(C)CCC4(C)C)c2cc(C(C)(C)C)ccc2N1c1ccc(C(C)(C)C)cc1)c1ccc(C(C)(C)CCC(C)C)cc1. The molecule has 0 saturated heterocycles. The molecule has 1 aliphatic heterocycles. The van der Waals surface area contributed by atoms with Gasteiger partial charge in [-0.2, -0.15) is 0 Å². The van der Waals surface area contributed by atoms with Gasteiger partial charge in [-0.25, -0.2) is 0 Å². The van der Waals surface area contributed by atoms with Crippen molar-refractivity contribution in [1.29, 1.82) is 0 Å². The molecule has 0 spiro atoms. The molecule has 5 heteroatoms. The van der Waals surface area contributed by atoms with Gasteiger partial charge in [0.25, 0.3) is 6.71 Å². The zero-order chi connectivity index (χ0) is 63.4. The van der Waals surface area contributed by atoms with Gasteiger partial charge < -0.3 is 19.5 Å². The van der Waals surface area contributed by atoms with Crippen LogP contribution in [-0.2, 0) is 27.1 Å². The second kappa shape index (κ2) is 22.5. The zero-order valence-corrected chi connectivity index (χ0v) is 53.2. The van der Waals surface area contributed by atoms with Gasteiger partial charge in [0, 0.05) is 46.1 Å². The summed E-state index contributed by atoms with van der Waals surface area (Å²) in [5.41, 5.74) is 16.2. The Morgan fingerprint density at radius 3 is 1.94 bits per heavy atom. The van der Waals surface area contributed by atoms with Gasteiger partial charge in [0.2, 0.25) is 0 Å². The average Bonchev–Trinajstić information content (AvgIpc) is 1.29. The van der Waals surface area contributed by atoms with Crippen molar-refractivity contribution in [2.75, 3.05) is 16.3 Å². The molecular formula is C76H100BN3O. The monoisotopic (exact) mass is 1090 g/mol. The lowest BCUT2D eigenvalue weighted by atomic mass is 9.36. The van der Waals surface area contributed by atoms with Crippen LogP contribution < -0.4 is 26.2 Å². The van der Waals surface area contributed by atoms with E-state index in [0.717, 1.165) is 96.3 Å². The van der Waals surface area contributed by atoms with Crippen molar-refractivity contribution in [2.45, 2.75) is 197 Å². The summed E-state index contributed by atoms with van der Waals surface area (Å²) < 4.78 is 52.1. The molecule has 0 unspecified atom stereocenters. The van der Waals surface area contributed by atoms with Crippen LogP contribution in [0.1, 0.15) is 205 Å². The Labute approximate surface area is 499 Å².